The number of rotatable bonds is 4. The smallest absolute Gasteiger partial charge is 0.310 e. The Labute approximate surface area is 118 Å². The molecule has 0 bridgehead atoms. The van der Waals surface area contributed by atoms with Crippen LogP contribution in [-0.4, -0.2) is 18.9 Å². The Hall–Kier alpha value is -1.16. The van der Waals surface area contributed by atoms with Gasteiger partial charge in [0, 0.05) is 10.8 Å². The molecule has 1 heterocycles. The van der Waals surface area contributed by atoms with E-state index in [1.807, 2.05) is 12.1 Å². The van der Waals surface area contributed by atoms with Crippen molar-refractivity contribution in [3.8, 4) is 0 Å². The third kappa shape index (κ3) is 2.22. The first-order valence-corrected chi connectivity index (χ1v) is 7.23. The number of thiophene rings is 1. The standard InChI is InChI=1S/C15H20O3S/c1-14(2)13(15(14,3)4)12(17)10-7-6-9(19-10)8-11(16)18-5/h6-7,13H,8H2,1-5H3. The van der Waals surface area contributed by atoms with Gasteiger partial charge in [-0.05, 0) is 23.0 Å². The quantitative estimate of drug-likeness (QED) is 0.627. The number of hydrogen-bond acceptors (Lipinski definition) is 4. The largest absolute Gasteiger partial charge is 0.469 e. The van der Waals surface area contributed by atoms with Gasteiger partial charge in [0.05, 0.1) is 18.4 Å². The fourth-order valence-corrected chi connectivity index (χ4v) is 3.78. The molecule has 1 aliphatic carbocycles. The third-order valence-corrected chi connectivity index (χ3v) is 5.83. The minimum Gasteiger partial charge on any atom is -0.469 e. The molecule has 1 fully saturated rings. The first-order valence-electron chi connectivity index (χ1n) is 6.41. The molecule has 0 radical (unpaired) electrons. The zero-order valence-corrected chi connectivity index (χ0v) is 12.9. The number of Topliss-reactive ketones (excluding diaryl/α,β-unsaturated/α-hetero) is 1. The van der Waals surface area contributed by atoms with Gasteiger partial charge in [-0.3, -0.25) is 9.59 Å². The van der Waals surface area contributed by atoms with Crippen molar-refractivity contribution >= 4 is 23.1 Å². The highest BCUT2D eigenvalue weighted by Crippen LogP contribution is 2.69. The average Bonchev–Trinajstić information content (AvgIpc) is 2.70. The number of ether oxygens (including phenoxy) is 1. The monoisotopic (exact) mass is 280 g/mol. The van der Waals surface area contributed by atoms with Gasteiger partial charge in [0.15, 0.2) is 5.78 Å². The van der Waals surface area contributed by atoms with Crippen molar-refractivity contribution < 1.29 is 14.3 Å². The van der Waals surface area contributed by atoms with E-state index in [4.69, 9.17) is 0 Å². The van der Waals surface area contributed by atoms with E-state index in [0.29, 0.717) is 0 Å². The molecule has 1 aliphatic rings. The summed E-state index contributed by atoms with van der Waals surface area (Å²) in [7, 11) is 1.37. The van der Waals surface area contributed by atoms with Crippen LogP contribution in [0, 0.1) is 16.7 Å². The molecule has 0 N–H and O–H groups in total. The van der Waals surface area contributed by atoms with E-state index in [1.54, 1.807) is 0 Å². The highest BCUT2D eigenvalue weighted by Gasteiger charge is 2.68. The van der Waals surface area contributed by atoms with Crippen molar-refractivity contribution in [2.45, 2.75) is 34.1 Å². The summed E-state index contributed by atoms with van der Waals surface area (Å²) in [6.07, 6.45) is 0.242. The summed E-state index contributed by atoms with van der Waals surface area (Å²) >= 11 is 1.40. The normalized spacial score (nSPS) is 20.1. The van der Waals surface area contributed by atoms with E-state index < -0.39 is 0 Å². The van der Waals surface area contributed by atoms with E-state index >= 15 is 0 Å². The van der Waals surface area contributed by atoms with Crippen molar-refractivity contribution in [1.82, 2.24) is 0 Å². The van der Waals surface area contributed by atoms with Crippen LogP contribution in [0.25, 0.3) is 0 Å². The molecule has 0 aliphatic heterocycles. The summed E-state index contributed by atoms with van der Waals surface area (Å²) in [5, 5.41) is 0. The van der Waals surface area contributed by atoms with Crippen LogP contribution < -0.4 is 0 Å². The number of hydrogen-bond donors (Lipinski definition) is 0. The lowest BCUT2D eigenvalue weighted by atomic mass is 10.0. The van der Waals surface area contributed by atoms with Gasteiger partial charge in [-0.1, -0.05) is 27.7 Å². The summed E-state index contributed by atoms with van der Waals surface area (Å²) < 4.78 is 4.63. The first kappa shape index (κ1) is 14.3. The summed E-state index contributed by atoms with van der Waals surface area (Å²) in [5.41, 5.74) is 0.104. The van der Waals surface area contributed by atoms with Crippen molar-refractivity contribution in [3.63, 3.8) is 0 Å². The highest BCUT2D eigenvalue weighted by molar-refractivity contribution is 7.14. The number of methoxy groups -OCH3 is 1. The van der Waals surface area contributed by atoms with Crippen LogP contribution in [0.2, 0.25) is 0 Å². The molecule has 0 amide bonds. The van der Waals surface area contributed by atoms with Gasteiger partial charge >= 0.3 is 5.97 Å². The highest BCUT2D eigenvalue weighted by atomic mass is 32.1. The summed E-state index contributed by atoms with van der Waals surface area (Å²) in [6, 6.07) is 3.67. The SMILES string of the molecule is COC(=O)Cc1ccc(C(=O)C2C(C)(C)C2(C)C)s1. The van der Waals surface area contributed by atoms with Crippen LogP contribution in [0.1, 0.15) is 42.2 Å². The van der Waals surface area contributed by atoms with E-state index in [-0.39, 0.29) is 34.9 Å². The molecule has 1 aromatic heterocycles. The van der Waals surface area contributed by atoms with Gasteiger partial charge in [-0.2, -0.15) is 0 Å². The lowest BCUT2D eigenvalue weighted by Crippen LogP contribution is -2.05. The number of carbonyl (C=O) groups excluding carboxylic acids is 2. The number of ketones is 1. The molecule has 0 saturated heterocycles. The molecule has 0 atom stereocenters. The second-order valence-electron chi connectivity index (χ2n) is 6.26. The molecule has 1 aromatic rings. The second kappa shape index (κ2) is 4.44. The van der Waals surface area contributed by atoms with Crippen molar-refractivity contribution in [1.29, 1.82) is 0 Å². The minimum atomic E-state index is -0.270. The van der Waals surface area contributed by atoms with Gasteiger partial charge in [0.1, 0.15) is 0 Å². The zero-order valence-electron chi connectivity index (χ0n) is 12.1. The van der Waals surface area contributed by atoms with E-state index in [9.17, 15) is 9.59 Å². The summed E-state index contributed by atoms with van der Waals surface area (Å²) in [5.74, 6) is 0.00803. The molecule has 0 unspecified atom stereocenters. The molecular weight excluding hydrogens is 260 g/mol. The van der Waals surface area contributed by atoms with Crippen LogP contribution in [0.15, 0.2) is 12.1 Å². The van der Waals surface area contributed by atoms with Gasteiger partial charge in [0.25, 0.3) is 0 Å². The predicted molar refractivity (Wildman–Crippen MR) is 75.4 cm³/mol. The van der Waals surface area contributed by atoms with Gasteiger partial charge in [-0.25, -0.2) is 0 Å². The van der Waals surface area contributed by atoms with Crippen LogP contribution in [-0.2, 0) is 16.0 Å². The first-order chi connectivity index (χ1) is 8.71. The van der Waals surface area contributed by atoms with E-state index in [1.165, 1.54) is 18.4 Å². The molecule has 0 spiro atoms. The predicted octanol–water partition coefficient (Wildman–Crippen LogP) is 3.33. The van der Waals surface area contributed by atoms with Gasteiger partial charge in [0.2, 0.25) is 0 Å². The maximum Gasteiger partial charge on any atom is 0.310 e. The Balaban J connectivity index is 2.12. The molecule has 0 aromatic carbocycles. The van der Waals surface area contributed by atoms with Gasteiger partial charge < -0.3 is 4.74 Å². The van der Waals surface area contributed by atoms with Crippen LogP contribution in [0.4, 0.5) is 0 Å². The fraction of sp³-hybridized carbons (Fsp3) is 0.600. The average molecular weight is 280 g/mol. The maximum absolute atomic E-state index is 12.5. The van der Waals surface area contributed by atoms with Crippen molar-refractivity contribution in [2.24, 2.45) is 16.7 Å². The van der Waals surface area contributed by atoms with Crippen molar-refractivity contribution in [3.05, 3.63) is 21.9 Å². The zero-order chi connectivity index (χ0) is 14.4. The Kier molecular flexibility index (Phi) is 3.33. The minimum absolute atomic E-state index is 0.0522. The lowest BCUT2D eigenvalue weighted by Gasteiger charge is -2.03. The van der Waals surface area contributed by atoms with Crippen LogP contribution in [0.5, 0.6) is 0 Å². The molecule has 2 rings (SSSR count). The maximum atomic E-state index is 12.5. The Bertz CT molecular complexity index is 511. The van der Waals surface area contributed by atoms with Crippen molar-refractivity contribution in [2.75, 3.05) is 7.11 Å². The molecule has 3 nitrogen and oxygen atoms in total. The van der Waals surface area contributed by atoms with Crippen LogP contribution >= 0.6 is 11.3 Å². The lowest BCUT2D eigenvalue weighted by molar-refractivity contribution is -0.139. The Morgan fingerprint density at radius 2 is 1.79 bits per heavy atom. The number of carbonyl (C=O) groups is 2. The summed E-state index contributed by atoms with van der Waals surface area (Å²) in [6.45, 7) is 8.55. The topological polar surface area (TPSA) is 43.4 Å². The van der Waals surface area contributed by atoms with E-state index in [0.717, 1.165) is 9.75 Å². The molecule has 1 saturated carbocycles. The molecular formula is C15H20O3S. The number of esters is 1. The molecule has 4 heteroatoms. The Morgan fingerprint density at radius 1 is 1.21 bits per heavy atom. The third-order valence-electron chi connectivity index (χ3n) is 4.73. The fourth-order valence-electron chi connectivity index (χ4n) is 2.81. The molecule has 104 valence electrons. The van der Waals surface area contributed by atoms with Gasteiger partial charge in [-0.15, -0.1) is 11.3 Å². The van der Waals surface area contributed by atoms with E-state index in [2.05, 4.69) is 32.4 Å². The second-order valence-corrected chi connectivity index (χ2v) is 7.43. The van der Waals surface area contributed by atoms with Crippen LogP contribution in [0.3, 0.4) is 0 Å². The summed E-state index contributed by atoms with van der Waals surface area (Å²) in [4.78, 5) is 25.3. The Morgan fingerprint density at radius 3 is 2.26 bits per heavy atom. The molecule has 19 heavy (non-hydrogen) atoms.